The summed E-state index contributed by atoms with van der Waals surface area (Å²) < 4.78 is 54.7. The van der Waals surface area contributed by atoms with Crippen LogP contribution in [0.1, 0.15) is 25.4 Å². The summed E-state index contributed by atoms with van der Waals surface area (Å²) in [5.41, 5.74) is 6.49. The zero-order valence-electron chi connectivity index (χ0n) is 22.8. The number of pyridine rings is 1. The quantitative estimate of drug-likeness (QED) is 0.449. The fraction of sp³-hybridized carbons (Fsp3) is 0.304. The van der Waals surface area contributed by atoms with E-state index in [2.05, 4.69) is 15.1 Å². The van der Waals surface area contributed by atoms with E-state index in [1.807, 2.05) is 0 Å². The average molecular weight is 455 g/mol. The predicted molar refractivity (Wildman–Crippen MR) is 121 cm³/mol. The van der Waals surface area contributed by atoms with Gasteiger partial charge in [0.05, 0.1) is 44.5 Å². The van der Waals surface area contributed by atoms with E-state index in [9.17, 15) is 9.90 Å². The fourth-order valence-corrected chi connectivity index (χ4v) is 3.97. The zero-order valence-corrected chi connectivity index (χ0v) is 17.8. The van der Waals surface area contributed by atoms with Gasteiger partial charge in [0.2, 0.25) is 11.5 Å². The maximum absolute atomic E-state index is 13.4. The normalized spacial score (nSPS) is 18.0. The molecule has 0 aliphatic carbocycles. The summed E-state index contributed by atoms with van der Waals surface area (Å²) in [5, 5.41) is 14.3. The molecule has 1 aliphatic heterocycles. The molecule has 0 spiro atoms. The van der Waals surface area contributed by atoms with Crippen LogP contribution in [0.4, 0.5) is 5.95 Å². The SMILES string of the molecule is [2H]c1c([2H])c([2H])c(-c2[nH+]c(N)n3c(=O)n(C[C@H]4CCCO4)nc3c2-c2cc(CO)nc(OC)c2)c([2H])c1[2H]. The smallest absolute Gasteiger partial charge is 0.411 e. The average Bonchev–Trinajstić information content (AvgIpc) is 3.54. The number of nitrogens with zero attached hydrogens (tertiary/aromatic N) is 4. The second-order valence-electron chi connectivity index (χ2n) is 7.57. The number of nitrogens with one attached hydrogen (secondary N) is 1. The van der Waals surface area contributed by atoms with E-state index < -0.39 is 42.5 Å². The molecule has 0 bridgehead atoms. The molecule has 0 saturated carbocycles. The van der Waals surface area contributed by atoms with E-state index in [1.54, 1.807) is 0 Å². The van der Waals surface area contributed by atoms with Crippen LogP contribution >= 0.6 is 0 Å². The predicted octanol–water partition coefficient (Wildman–Crippen LogP) is 1.30. The maximum atomic E-state index is 13.4. The van der Waals surface area contributed by atoms with Crippen molar-refractivity contribution in [3.8, 4) is 28.3 Å². The van der Waals surface area contributed by atoms with Gasteiger partial charge in [-0.2, -0.15) is 4.68 Å². The van der Waals surface area contributed by atoms with Crippen molar-refractivity contribution in [3.63, 3.8) is 0 Å². The largest absolute Gasteiger partial charge is 0.481 e. The molecule has 170 valence electrons. The molecule has 4 N–H and O–H groups in total. The summed E-state index contributed by atoms with van der Waals surface area (Å²) >= 11 is 0. The van der Waals surface area contributed by atoms with Crippen molar-refractivity contribution >= 4 is 11.6 Å². The van der Waals surface area contributed by atoms with Crippen molar-refractivity contribution < 1.29 is 26.4 Å². The van der Waals surface area contributed by atoms with Crippen LogP contribution in [-0.2, 0) is 17.9 Å². The van der Waals surface area contributed by atoms with Gasteiger partial charge in [-0.15, -0.1) is 9.50 Å². The highest BCUT2D eigenvalue weighted by atomic mass is 16.5. The maximum Gasteiger partial charge on any atom is 0.411 e. The summed E-state index contributed by atoms with van der Waals surface area (Å²) in [6, 6.07) is 0.491. The highest BCUT2D eigenvalue weighted by Crippen LogP contribution is 2.34. The molecule has 10 nitrogen and oxygen atoms in total. The number of aromatic amines is 1. The number of aromatic nitrogens is 5. The third-order valence-electron chi connectivity index (χ3n) is 5.47. The molecule has 1 aromatic carbocycles. The van der Waals surface area contributed by atoms with Crippen LogP contribution in [0.2, 0.25) is 0 Å². The van der Waals surface area contributed by atoms with Gasteiger partial charge in [0.15, 0.2) is 0 Å². The summed E-state index contributed by atoms with van der Waals surface area (Å²) in [5.74, 6) is -0.00720. The van der Waals surface area contributed by atoms with Crippen LogP contribution in [0, 0.1) is 0 Å². The molecule has 4 heterocycles. The number of rotatable bonds is 6. The van der Waals surface area contributed by atoms with Gasteiger partial charge >= 0.3 is 11.6 Å². The van der Waals surface area contributed by atoms with E-state index in [0.29, 0.717) is 12.2 Å². The number of nitrogens with two attached hydrogens (primary N) is 1. The van der Waals surface area contributed by atoms with Gasteiger partial charge in [-0.25, -0.2) is 14.8 Å². The van der Waals surface area contributed by atoms with Crippen molar-refractivity contribution in [2.24, 2.45) is 0 Å². The molecule has 1 aliphatic rings. The van der Waals surface area contributed by atoms with Crippen molar-refractivity contribution in [1.82, 2.24) is 19.2 Å². The highest BCUT2D eigenvalue weighted by Gasteiger charge is 2.28. The van der Waals surface area contributed by atoms with E-state index in [4.69, 9.17) is 22.1 Å². The Bertz CT molecular complexity index is 1580. The Hall–Kier alpha value is -3.76. The van der Waals surface area contributed by atoms with Gasteiger partial charge in [-0.3, -0.25) is 5.73 Å². The van der Waals surface area contributed by atoms with Gasteiger partial charge in [-0.05, 0) is 24.5 Å². The first-order valence-electron chi connectivity index (χ1n) is 12.9. The molecule has 1 saturated heterocycles. The van der Waals surface area contributed by atoms with Gasteiger partial charge in [0.25, 0.3) is 0 Å². The van der Waals surface area contributed by atoms with E-state index in [1.165, 1.54) is 23.9 Å². The Labute approximate surface area is 196 Å². The molecule has 1 fully saturated rings. The minimum Gasteiger partial charge on any atom is -0.481 e. The number of hydrogen-bond donors (Lipinski definition) is 2. The van der Waals surface area contributed by atoms with Crippen LogP contribution in [0.3, 0.4) is 0 Å². The first-order valence-corrected chi connectivity index (χ1v) is 10.4. The zero-order chi connectivity index (χ0) is 27.3. The number of methoxy groups -OCH3 is 1. The lowest BCUT2D eigenvalue weighted by Crippen LogP contribution is -2.30. The fourth-order valence-electron chi connectivity index (χ4n) is 3.97. The lowest BCUT2D eigenvalue weighted by Gasteiger charge is -2.11. The number of nitrogen functional groups attached to an aromatic ring is 1. The molecule has 33 heavy (non-hydrogen) atoms. The second kappa shape index (κ2) is 8.64. The number of aliphatic hydroxyl groups excluding tert-OH is 1. The van der Waals surface area contributed by atoms with Gasteiger partial charge in [-0.1, -0.05) is 30.2 Å². The highest BCUT2D eigenvalue weighted by molar-refractivity contribution is 5.89. The molecular formula is C23H25N6O4+. The van der Waals surface area contributed by atoms with Gasteiger partial charge in [0.1, 0.15) is 5.69 Å². The standard InChI is InChI=1S/C23H24N6O4/c1-32-18-11-15(10-16(13-30)25-18)19-20(14-6-3-2-4-7-14)26-22(24)29-21(19)27-28(23(29)31)12-17-8-5-9-33-17/h2-4,6-7,10-11,17,30H,5,8-9,12-13H2,1H3,(H2,24,26)/p+1/t17-/m1/s1/i2D,3D,4D,6D,7D. The Morgan fingerprint density at radius 3 is 2.85 bits per heavy atom. The van der Waals surface area contributed by atoms with Crippen LogP contribution in [0.5, 0.6) is 5.88 Å². The Kier molecular flexibility index (Phi) is 4.18. The number of ether oxygens (including phenoxy) is 2. The molecule has 5 rings (SSSR count). The summed E-state index contributed by atoms with van der Waals surface area (Å²) in [4.78, 5) is 20.4. The first kappa shape index (κ1) is 15.9. The second-order valence-corrected chi connectivity index (χ2v) is 7.57. The van der Waals surface area contributed by atoms with Crippen LogP contribution in [-0.4, -0.2) is 44.1 Å². The summed E-state index contributed by atoms with van der Waals surface area (Å²) in [7, 11) is 1.40. The van der Waals surface area contributed by atoms with E-state index in [-0.39, 0.29) is 52.6 Å². The molecule has 3 aromatic heterocycles. The molecule has 0 amide bonds. The first-order chi connectivity index (χ1) is 18.2. The summed E-state index contributed by atoms with van der Waals surface area (Å²) in [6.07, 6.45) is 1.44. The molecular weight excluding hydrogens is 424 g/mol. The third kappa shape index (κ3) is 3.83. The Morgan fingerprint density at radius 2 is 2.15 bits per heavy atom. The number of H-pyrrole nitrogens is 1. The minimum atomic E-state index is -0.551. The monoisotopic (exact) mass is 454 g/mol. The molecule has 0 radical (unpaired) electrons. The molecule has 4 aromatic rings. The van der Waals surface area contributed by atoms with Crippen molar-refractivity contribution in [2.75, 3.05) is 19.5 Å². The molecule has 0 unspecified atom stereocenters. The van der Waals surface area contributed by atoms with Crippen molar-refractivity contribution in [3.05, 3.63) is 58.5 Å². The van der Waals surface area contributed by atoms with E-state index >= 15 is 0 Å². The topological polar surface area (TPSA) is 131 Å². The van der Waals surface area contributed by atoms with Gasteiger partial charge < -0.3 is 14.6 Å². The Morgan fingerprint density at radius 1 is 1.33 bits per heavy atom. The number of benzene rings is 1. The van der Waals surface area contributed by atoms with E-state index in [0.717, 1.165) is 17.2 Å². The van der Waals surface area contributed by atoms with Crippen LogP contribution in [0.25, 0.3) is 28.0 Å². The van der Waals surface area contributed by atoms with Crippen molar-refractivity contribution in [2.45, 2.75) is 32.1 Å². The molecule has 1 atom stereocenters. The minimum absolute atomic E-state index is 0.0402. The van der Waals surface area contributed by atoms with Crippen LogP contribution in [0.15, 0.2) is 47.1 Å². The lowest BCUT2D eigenvalue weighted by molar-refractivity contribution is -0.351. The summed E-state index contributed by atoms with van der Waals surface area (Å²) in [6.45, 7) is 0.350. The number of hydrogen-bond acceptors (Lipinski definition) is 7. The number of fused-ring (bicyclic) bond motifs is 1. The van der Waals surface area contributed by atoms with Crippen molar-refractivity contribution in [1.29, 1.82) is 0 Å². The molecule has 10 heteroatoms. The Balaban J connectivity index is 1.90. The third-order valence-corrected chi connectivity index (χ3v) is 5.47. The number of aliphatic hydroxyl groups is 1. The lowest BCUT2D eigenvalue weighted by atomic mass is 10.00. The number of anilines is 1. The van der Waals surface area contributed by atoms with Gasteiger partial charge in [0, 0.05) is 18.2 Å². The van der Waals surface area contributed by atoms with Crippen LogP contribution < -0.4 is 21.1 Å².